The lowest BCUT2D eigenvalue weighted by atomic mass is 10.2. The summed E-state index contributed by atoms with van der Waals surface area (Å²) in [6.07, 6.45) is 0. The molecule has 0 aliphatic carbocycles. The SMILES string of the molecule is Cc1ccc(Cl)cc1NC(=O)C(=O)Nc1ccc(F)cc1. The number of carbonyl (C=O) groups excluding carboxylic acids is 2. The van der Waals surface area contributed by atoms with E-state index in [-0.39, 0.29) is 0 Å². The third-order valence-electron chi connectivity index (χ3n) is 2.76. The zero-order valence-corrected chi connectivity index (χ0v) is 11.9. The van der Waals surface area contributed by atoms with Crippen LogP contribution in [0.15, 0.2) is 42.5 Å². The van der Waals surface area contributed by atoms with E-state index in [0.717, 1.165) is 5.56 Å². The summed E-state index contributed by atoms with van der Waals surface area (Å²) >= 11 is 5.84. The van der Waals surface area contributed by atoms with E-state index in [2.05, 4.69) is 10.6 Å². The molecule has 2 aromatic carbocycles. The van der Waals surface area contributed by atoms with Crippen LogP contribution in [0, 0.1) is 12.7 Å². The molecule has 0 radical (unpaired) electrons. The van der Waals surface area contributed by atoms with Gasteiger partial charge in [-0.3, -0.25) is 9.59 Å². The molecular formula is C15H12ClFN2O2. The number of nitrogens with one attached hydrogen (secondary N) is 2. The molecule has 0 bridgehead atoms. The van der Waals surface area contributed by atoms with Gasteiger partial charge in [-0.25, -0.2) is 4.39 Å². The Hall–Kier alpha value is -2.40. The average Bonchev–Trinajstić information content (AvgIpc) is 2.45. The molecule has 0 aliphatic heterocycles. The number of benzene rings is 2. The summed E-state index contributed by atoms with van der Waals surface area (Å²) in [5, 5.41) is 5.30. The van der Waals surface area contributed by atoms with Crippen molar-refractivity contribution in [3.63, 3.8) is 0 Å². The Morgan fingerprint density at radius 1 is 1.00 bits per heavy atom. The quantitative estimate of drug-likeness (QED) is 0.836. The lowest BCUT2D eigenvalue weighted by molar-refractivity contribution is -0.133. The van der Waals surface area contributed by atoms with Crippen LogP contribution in [0.1, 0.15) is 5.56 Å². The highest BCUT2D eigenvalue weighted by molar-refractivity contribution is 6.43. The molecule has 6 heteroatoms. The van der Waals surface area contributed by atoms with Gasteiger partial charge in [-0.2, -0.15) is 0 Å². The summed E-state index contributed by atoms with van der Waals surface area (Å²) in [6.45, 7) is 1.78. The van der Waals surface area contributed by atoms with Crippen molar-refractivity contribution in [2.75, 3.05) is 10.6 Å². The van der Waals surface area contributed by atoms with Crippen LogP contribution in [0.2, 0.25) is 5.02 Å². The maximum atomic E-state index is 12.7. The van der Waals surface area contributed by atoms with Gasteiger partial charge in [0.15, 0.2) is 0 Å². The highest BCUT2D eigenvalue weighted by atomic mass is 35.5. The zero-order chi connectivity index (χ0) is 15.4. The second-order valence-corrected chi connectivity index (χ2v) is 4.81. The van der Waals surface area contributed by atoms with E-state index >= 15 is 0 Å². The Balaban J connectivity index is 2.04. The van der Waals surface area contributed by atoms with Crippen LogP contribution >= 0.6 is 11.6 Å². The Labute approximate surface area is 125 Å². The molecule has 2 aromatic rings. The number of amides is 2. The molecule has 21 heavy (non-hydrogen) atoms. The van der Waals surface area contributed by atoms with E-state index in [1.807, 2.05) is 0 Å². The minimum Gasteiger partial charge on any atom is -0.318 e. The Morgan fingerprint density at radius 2 is 1.62 bits per heavy atom. The molecule has 0 aliphatic rings. The third-order valence-corrected chi connectivity index (χ3v) is 2.99. The van der Waals surface area contributed by atoms with Crippen molar-refractivity contribution in [1.29, 1.82) is 0 Å². The van der Waals surface area contributed by atoms with Crippen LogP contribution in [0.3, 0.4) is 0 Å². The van der Waals surface area contributed by atoms with Gasteiger partial charge in [0.25, 0.3) is 0 Å². The molecule has 4 nitrogen and oxygen atoms in total. The molecule has 0 heterocycles. The fourth-order valence-electron chi connectivity index (χ4n) is 1.63. The normalized spacial score (nSPS) is 10.0. The minimum absolute atomic E-state index is 0.333. The number of aryl methyl sites for hydroxylation is 1. The van der Waals surface area contributed by atoms with E-state index < -0.39 is 17.6 Å². The predicted octanol–water partition coefficient (Wildman–Crippen LogP) is 3.36. The molecule has 0 unspecified atom stereocenters. The van der Waals surface area contributed by atoms with Crippen LogP contribution in [-0.2, 0) is 9.59 Å². The van der Waals surface area contributed by atoms with Gasteiger partial charge in [0.05, 0.1) is 0 Å². The highest BCUT2D eigenvalue weighted by Gasteiger charge is 2.15. The van der Waals surface area contributed by atoms with Crippen LogP contribution in [0.4, 0.5) is 15.8 Å². The summed E-state index contributed by atoms with van der Waals surface area (Å²) in [5.74, 6) is -2.10. The number of rotatable bonds is 2. The number of anilines is 2. The van der Waals surface area contributed by atoms with Crippen molar-refractivity contribution < 1.29 is 14.0 Å². The fourth-order valence-corrected chi connectivity index (χ4v) is 1.80. The maximum absolute atomic E-state index is 12.7. The zero-order valence-electron chi connectivity index (χ0n) is 11.1. The van der Waals surface area contributed by atoms with Gasteiger partial charge < -0.3 is 10.6 Å². The Kier molecular flexibility index (Phi) is 4.55. The first-order valence-electron chi connectivity index (χ1n) is 6.10. The summed E-state index contributed by atoms with van der Waals surface area (Å²) in [5.41, 5.74) is 1.57. The van der Waals surface area contributed by atoms with Gasteiger partial charge in [0.1, 0.15) is 5.82 Å². The molecule has 2 rings (SSSR count). The van der Waals surface area contributed by atoms with Crippen LogP contribution in [-0.4, -0.2) is 11.8 Å². The summed E-state index contributed by atoms with van der Waals surface area (Å²) in [4.78, 5) is 23.6. The predicted molar refractivity (Wildman–Crippen MR) is 79.8 cm³/mol. The van der Waals surface area contributed by atoms with Crippen LogP contribution < -0.4 is 10.6 Å². The molecule has 0 atom stereocenters. The molecular weight excluding hydrogens is 295 g/mol. The van der Waals surface area contributed by atoms with Gasteiger partial charge in [-0.1, -0.05) is 17.7 Å². The fraction of sp³-hybridized carbons (Fsp3) is 0.0667. The lowest BCUT2D eigenvalue weighted by Crippen LogP contribution is -2.29. The van der Waals surface area contributed by atoms with Gasteiger partial charge in [0.2, 0.25) is 0 Å². The highest BCUT2D eigenvalue weighted by Crippen LogP contribution is 2.20. The van der Waals surface area contributed by atoms with E-state index in [0.29, 0.717) is 16.4 Å². The van der Waals surface area contributed by atoms with Crippen molar-refractivity contribution in [2.24, 2.45) is 0 Å². The van der Waals surface area contributed by atoms with Crippen molar-refractivity contribution in [3.8, 4) is 0 Å². The number of hydrogen-bond donors (Lipinski definition) is 2. The first kappa shape index (κ1) is 15.0. The Bertz CT molecular complexity index is 687. The Morgan fingerprint density at radius 3 is 2.29 bits per heavy atom. The van der Waals surface area contributed by atoms with Crippen molar-refractivity contribution in [1.82, 2.24) is 0 Å². The molecule has 108 valence electrons. The van der Waals surface area contributed by atoms with E-state index in [1.165, 1.54) is 24.3 Å². The first-order chi connectivity index (χ1) is 9.95. The van der Waals surface area contributed by atoms with Crippen molar-refractivity contribution >= 4 is 34.8 Å². The number of carbonyl (C=O) groups is 2. The number of halogens is 2. The molecule has 0 saturated carbocycles. The van der Waals surface area contributed by atoms with E-state index in [1.54, 1.807) is 25.1 Å². The standard InChI is InChI=1S/C15H12ClFN2O2/c1-9-2-3-10(16)8-13(9)19-15(21)14(20)18-12-6-4-11(17)5-7-12/h2-8H,1H3,(H,18,20)(H,19,21). The summed E-state index contributed by atoms with van der Waals surface area (Å²) in [6, 6.07) is 10.1. The summed E-state index contributed by atoms with van der Waals surface area (Å²) in [7, 11) is 0. The largest absolute Gasteiger partial charge is 0.318 e. The van der Waals surface area contributed by atoms with Gasteiger partial charge in [-0.05, 0) is 48.9 Å². The molecule has 0 saturated heterocycles. The lowest BCUT2D eigenvalue weighted by Gasteiger charge is -2.09. The molecule has 2 amide bonds. The topological polar surface area (TPSA) is 58.2 Å². The van der Waals surface area contributed by atoms with E-state index in [9.17, 15) is 14.0 Å². The minimum atomic E-state index is -0.846. The van der Waals surface area contributed by atoms with Crippen molar-refractivity contribution in [3.05, 3.63) is 58.9 Å². The molecule has 2 N–H and O–H groups in total. The van der Waals surface area contributed by atoms with Gasteiger partial charge in [0, 0.05) is 16.4 Å². The average molecular weight is 307 g/mol. The third kappa shape index (κ3) is 4.03. The molecule has 0 spiro atoms. The van der Waals surface area contributed by atoms with Crippen molar-refractivity contribution in [2.45, 2.75) is 6.92 Å². The monoisotopic (exact) mass is 306 g/mol. The summed E-state index contributed by atoms with van der Waals surface area (Å²) < 4.78 is 12.7. The van der Waals surface area contributed by atoms with Gasteiger partial charge in [-0.15, -0.1) is 0 Å². The second kappa shape index (κ2) is 6.37. The van der Waals surface area contributed by atoms with Crippen LogP contribution in [0.5, 0.6) is 0 Å². The van der Waals surface area contributed by atoms with Gasteiger partial charge >= 0.3 is 11.8 Å². The van der Waals surface area contributed by atoms with Crippen LogP contribution in [0.25, 0.3) is 0 Å². The smallest absolute Gasteiger partial charge is 0.314 e. The first-order valence-corrected chi connectivity index (χ1v) is 6.47. The van der Waals surface area contributed by atoms with E-state index in [4.69, 9.17) is 11.6 Å². The molecule has 0 fully saturated rings. The second-order valence-electron chi connectivity index (χ2n) is 4.37. The maximum Gasteiger partial charge on any atom is 0.314 e. The molecule has 0 aromatic heterocycles. The number of hydrogen-bond acceptors (Lipinski definition) is 2.